The van der Waals surface area contributed by atoms with Gasteiger partial charge in [0.05, 0.1) is 5.69 Å². The molecule has 0 spiro atoms. The van der Waals surface area contributed by atoms with Crippen LogP contribution in [0.25, 0.3) is 0 Å². The van der Waals surface area contributed by atoms with Crippen LogP contribution in [-0.2, 0) is 0 Å². The standard InChI is InChI=1S/C15H16N2OS/c1-11-7-3-4-8-12(11)16-15(18)17-13-9-5-6-10-14(13)19-2/h3-10H,1-2H3,(H2,16,17,18). The van der Waals surface area contributed by atoms with Gasteiger partial charge in [0.2, 0.25) is 0 Å². The summed E-state index contributed by atoms with van der Waals surface area (Å²) in [5.74, 6) is 0. The van der Waals surface area contributed by atoms with Crippen molar-refractivity contribution in [3.63, 3.8) is 0 Å². The van der Waals surface area contributed by atoms with Gasteiger partial charge < -0.3 is 10.6 Å². The van der Waals surface area contributed by atoms with Crippen LogP contribution in [0.2, 0.25) is 0 Å². The normalized spacial score (nSPS) is 10.0. The summed E-state index contributed by atoms with van der Waals surface area (Å²) < 4.78 is 0. The van der Waals surface area contributed by atoms with Gasteiger partial charge in [0.1, 0.15) is 0 Å². The molecule has 2 amide bonds. The molecular formula is C15H16N2OS. The van der Waals surface area contributed by atoms with Gasteiger partial charge in [0.15, 0.2) is 0 Å². The summed E-state index contributed by atoms with van der Waals surface area (Å²) >= 11 is 1.60. The van der Waals surface area contributed by atoms with Crippen molar-refractivity contribution in [2.24, 2.45) is 0 Å². The van der Waals surface area contributed by atoms with Crippen molar-refractivity contribution < 1.29 is 4.79 Å². The zero-order valence-corrected chi connectivity index (χ0v) is 11.8. The van der Waals surface area contributed by atoms with E-state index in [9.17, 15) is 4.79 Å². The van der Waals surface area contributed by atoms with Gasteiger partial charge in [0, 0.05) is 10.6 Å². The van der Waals surface area contributed by atoms with E-state index >= 15 is 0 Å². The van der Waals surface area contributed by atoms with Crippen molar-refractivity contribution in [2.45, 2.75) is 11.8 Å². The van der Waals surface area contributed by atoms with Crippen molar-refractivity contribution in [1.29, 1.82) is 0 Å². The number of rotatable bonds is 3. The number of carbonyl (C=O) groups is 1. The summed E-state index contributed by atoms with van der Waals surface area (Å²) in [6.07, 6.45) is 1.99. The van der Waals surface area contributed by atoms with Crippen LogP contribution in [0.4, 0.5) is 16.2 Å². The summed E-state index contributed by atoms with van der Waals surface area (Å²) in [5.41, 5.74) is 2.68. The van der Waals surface area contributed by atoms with Gasteiger partial charge in [-0.2, -0.15) is 0 Å². The number of aryl methyl sites for hydroxylation is 1. The van der Waals surface area contributed by atoms with E-state index in [4.69, 9.17) is 0 Å². The third-order valence-electron chi connectivity index (χ3n) is 2.75. The molecule has 4 heteroatoms. The van der Waals surface area contributed by atoms with E-state index in [0.717, 1.165) is 21.8 Å². The van der Waals surface area contributed by atoms with Crippen LogP contribution in [-0.4, -0.2) is 12.3 Å². The van der Waals surface area contributed by atoms with E-state index in [1.54, 1.807) is 11.8 Å². The molecule has 98 valence electrons. The minimum Gasteiger partial charge on any atom is -0.307 e. The summed E-state index contributed by atoms with van der Waals surface area (Å²) in [6.45, 7) is 1.96. The molecule has 0 atom stereocenters. The fraction of sp³-hybridized carbons (Fsp3) is 0.133. The number of carbonyl (C=O) groups excluding carboxylic acids is 1. The number of anilines is 2. The summed E-state index contributed by atoms with van der Waals surface area (Å²) in [7, 11) is 0. The molecule has 0 bridgehead atoms. The lowest BCUT2D eigenvalue weighted by molar-refractivity contribution is 0.262. The van der Waals surface area contributed by atoms with E-state index in [1.807, 2.05) is 61.7 Å². The topological polar surface area (TPSA) is 41.1 Å². The molecule has 0 radical (unpaired) electrons. The van der Waals surface area contributed by atoms with Crippen molar-refractivity contribution in [1.82, 2.24) is 0 Å². The Kier molecular flexibility index (Phi) is 4.47. The highest BCUT2D eigenvalue weighted by molar-refractivity contribution is 7.98. The van der Waals surface area contributed by atoms with Crippen molar-refractivity contribution in [3.8, 4) is 0 Å². The average molecular weight is 272 g/mol. The van der Waals surface area contributed by atoms with Gasteiger partial charge in [-0.3, -0.25) is 0 Å². The van der Waals surface area contributed by atoms with Crippen LogP contribution in [0.1, 0.15) is 5.56 Å². The van der Waals surface area contributed by atoms with Crippen LogP contribution < -0.4 is 10.6 Å². The fourth-order valence-electron chi connectivity index (χ4n) is 1.74. The molecule has 2 N–H and O–H groups in total. The lowest BCUT2D eigenvalue weighted by Gasteiger charge is -2.11. The van der Waals surface area contributed by atoms with Gasteiger partial charge in [-0.25, -0.2) is 4.79 Å². The van der Waals surface area contributed by atoms with E-state index in [2.05, 4.69) is 10.6 Å². The number of urea groups is 1. The first-order valence-corrected chi connectivity index (χ1v) is 7.20. The van der Waals surface area contributed by atoms with Crippen molar-refractivity contribution in [2.75, 3.05) is 16.9 Å². The Balaban J connectivity index is 2.08. The lowest BCUT2D eigenvalue weighted by Crippen LogP contribution is -2.20. The Morgan fingerprint density at radius 2 is 1.53 bits per heavy atom. The van der Waals surface area contributed by atoms with E-state index in [-0.39, 0.29) is 6.03 Å². The summed E-state index contributed by atoms with van der Waals surface area (Å²) in [4.78, 5) is 13.0. The Hall–Kier alpha value is -1.94. The Bertz CT molecular complexity index is 584. The zero-order valence-electron chi connectivity index (χ0n) is 10.9. The van der Waals surface area contributed by atoms with E-state index in [0.29, 0.717) is 0 Å². The molecular weight excluding hydrogens is 256 g/mol. The fourth-order valence-corrected chi connectivity index (χ4v) is 2.29. The third kappa shape index (κ3) is 3.51. The number of nitrogens with one attached hydrogen (secondary N) is 2. The predicted molar refractivity (Wildman–Crippen MR) is 82.0 cm³/mol. The van der Waals surface area contributed by atoms with Crippen LogP contribution in [0.3, 0.4) is 0 Å². The Morgan fingerprint density at radius 1 is 0.947 bits per heavy atom. The molecule has 0 aliphatic rings. The van der Waals surface area contributed by atoms with E-state index < -0.39 is 0 Å². The maximum Gasteiger partial charge on any atom is 0.323 e. The molecule has 0 saturated heterocycles. The van der Waals surface area contributed by atoms with Gasteiger partial charge in [0.25, 0.3) is 0 Å². The SMILES string of the molecule is CSc1ccccc1NC(=O)Nc1ccccc1C. The van der Waals surface area contributed by atoms with Crippen LogP contribution in [0.15, 0.2) is 53.4 Å². The zero-order chi connectivity index (χ0) is 13.7. The van der Waals surface area contributed by atoms with Gasteiger partial charge >= 0.3 is 6.03 Å². The number of hydrogen-bond donors (Lipinski definition) is 2. The molecule has 0 aromatic heterocycles. The largest absolute Gasteiger partial charge is 0.323 e. The number of para-hydroxylation sites is 2. The highest BCUT2D eigenvalue weighted by Gasteiger charge is 2.06. The average Bonchev–Trinajstić information content (AvgIpc) is 2.42. The molecule has 0 unspecified atom stereocenters. The maximum atomic E-state index is 12.0. The first kappa shape index (κ1) is 13.5. The highest BCUT2D eigenvalue weighted by atomic mass is 32.2. The second-order valence-electron chi connectivity index (χ2n) is 4.09. The monoisotopic (exact) mass is 272 g/mol. The first-order valence-electron chi connectivity index (χ1n) is 5.97. The van der Waals surface area contributed by atoms with Crippen molar-refractivity contribution >= 4 is 29.2 Å². The van der Waals surface area contributed by atoms with Crippen LogP contribution >= 0.6 is 11.8 Å². The second-order valence-corrected chi connectivity index (χ2v) is 4.94. The molecule has 19 heavy (non-hydrogen) atoms. The van der Waals surface area contributed by atoms with Gasteiger partial charge in [-0.15, -0.1) is 11.8 Å². The molecule has 0 aliphatic carbocycles. The van der Waals surface area contributed by atoms with Crippen molar-refractivity contribution in [3.05, 3.63) is 54.1 Å². The second kappa shape index (κ2) is 6.29. The minimum atomic E-state index is -0.226. The predicted octanol–water partition coefficient (Wildman–Crippen LogP) is 4.36. The molecule has 2 aromatic carbocycles. The van der Waals surface area contributed by atoms with Gasteiger partial charge in [-0.1, -0.05) is 30.3 Å². The first-order chi connectivity index (χ1) is 9.20. The number of thioether (sulfide) groups is 1. The number of hydrogen-bond acceptors (Lipinski definition) is 2. The summed E-state index contributed by atoms with van der Waals surface area (Å²) in [5, 5.41) is 5.72. The lowest BCUT2D eigenvalue weighted by atomic mass is 10.2. The number of benzene rings is 2. The number of amides is 2. The quantitative estimate of drug-likeness (QED) is 0.815. The molecule has 2 aromatic rings. The molecule has 2 rings (SSSR count). The third-order valence-corrected chi connectivity index (χ3v) is 3.54. The maximum absolute atomic E-state index is 12.0. The van der Waals surface area contributed by atoms with E-state index in [1.165, 1.54) is 0 Å². The smallest absolute Gasteiger partial charge is 0.307 e. The molecule has 0 saturated carbocycles. The molecule has 0 fully saturated rings. The molecule has 0 heterocycles. The summed E-state index contributed by atoms with van der Waals surface area (Å²) in [6, 6.07) is 15.2. The molecule has 0 aliphatic heterocycles. The Labute approximate surface area is 117 Å². The van der Waals surface area contributed by atoms with Crippen LogP contribution in [0.5, 0.6) is 0 Å². The molecule has 3 nitrogen and oxygen atoms in total. The minimum absolute atomic E-state index is 0.226. The highest BCUT2D eigenvalue weighted by Crippen LogP contribution is 2.24. The van der Waals surface area contributed by atoms with Crippen LogP contribution in [0, 0.1) is 6.92 Å². The Morgan fingerprint density at radius 3 is 2.21 bits per heavy atom. The van der Waals surface area contributed by atoms with Gasteiger partial charge in [-0.05, 0) is 36.9 Å².